The fourth-order valence-corrected chi connectivity index (χ4v) is 4.13. The van der Waals surface area contributed by atoms with E-state index in [9.17, 15) is 4.79 Å². The molecule has 1 aromatic rings. The molecule has 1 atom stereocenters. The SMILES string of the molecule is CC(CN(C)C(=O)Oc1ccc(COC(C)(C)C)cc1)SSC(C)(C)C. The number of carbonyl (C=O) groups excluding carboxylic acids is 1. The molecule has 0 bridgehead atoms. The Balaban J connectivity index is 2.46. The molecule has 6 heteroatoms. The summed E-state index contributed by atoms with van der Waals surface area (Å²) in [4.78, 5) is 13.9. The van der Waals surface area contributed by atoms with Crippen LogP contribution in [-0.4, -0.2) is 40.2 Å². The highest BCUT2D eigenvalue weighted by Crippen LogP contribution is 2.38. The first-order valence-electron chi connectivity index (χ1n) is 8.86. The maximum absolute atomic E-state index is 12.3. The van der Waals surface area contributed by atoms with Crippen LogP contribution in [0.5, 0.6) is 5.75 Å². The van der Waals surface area contributed by atoms with E-state index in [1.54, 1.807) is 34.9 Å². The molecule has 0 saturated carbocycles. The first-order chi connectivity index (χ1) is 11.9. The van der Waals surface area contributed by atoms with E-state index in [-0.39, 0.29) is 16.4 Å². The molecule has 0 aliphatic rings. The number of hydrogen-bond donors (Lipinski definition) is 0. The molecule has 1 rings (SSSR count). The molecule has 0 aromatic heterocycles. The van der Waals surface area contributed by atoms with Crippen LogP contribution in [0, 0.1) is 0 Å². The number of amides is 1. The standard InChI is InChI=1S/C20H33NO3S2/c1-15(25-26-20(5,6)7)13-21(8)18(22)24-17-11-9-16(10-12-17)14-23-19(2,3)4/h9-12,15H,13-14H2,1-8H3. The minimum absolute atomic E-state index is 0.173. The molecule has 148 valence electrons. The van der Waals surface area contributed by atoms with Gasteiger partial charge in [0.2, 0.25) is 0 Å². The lowest BCUT2D eigenvalue weighted by atomic mass is 10.2. The summed E-state index contributed by atoms with van der Waals surface area (Å²) in [5.41, 5.74) is 0.880. The fraction of sp³-hybridized carbons (Fsp3) is 0.650. The van der Waals surface area contributed by atoms with Crippen LogP contribution in [0.2, 0.25) is 0 Å². The molecule has 26 heavy (non-hydrogen) atoms. The third-order valence-electron chi connectivity index (χ3n) is 3.11. The van der Waals surface area contributed by atoms with E-state index < -0.39 is 0 Å². The van der Waals surface area contributed by atoms with Crippen molar-refractivity contribution in [3.05, 3.63) is 29.8 Å². The molecular weight excluding hydrogens is 366 g/mol. The maximum atomic E-state index is 12.3. The van der Waals surface area contributed by atoms with Crippen molar-refractivity contribution in [2.75, 3.05) is 13.6 Å². The predicted molar refractivity (Wildman–Crippen MR) is 114 cm³/mol. The summed E-state index contributed by atoms with van der Waals surface area (Å²) in [5.74, 6) is 0.547. The van der Waals surface area contributed by atoms with Gasteiger partial charge in [-0.25, -0.2) is 4.79 Å². The van der Waals surface area contributed by atoms with Crippen LogP contribution in [-0.2, 0) is 11.3 Å². The van der Waals surface area contributed by atoms with Crippen LogP contribution in [0.15, 0.2) is 24.3 Å². The number of nitrogens with zero attached hydrogens (tertiary/aromatic N) is 1. The minimum atomic E-state index is -0.336. The van der Waals surface area contributed by atoms with Crippen molar-refractivity contribution in [2.24, 2.45) is 0 Å². The molecule has 1 amide bonds. The Morgan fingerprint density at radius 3 is 2.19 bits per heavy atom. The number of hydrogen-bond acceptors (Lipinski definition) is 5. The number of benzene rings is 1. The Morgan fingerprint density at radius 1 is 1.12 bits per heavy atom. The van der Waals surface area contributed by atoms with Gasteiger partial charge < -0.3 is 14.4 Å². The maximum Gasteiger partial charge on any atom is 0.415 e. The smallest absolute Gasteiger partial charge is 0.410 e. The van der Waals surface area contributed by atoms with Gasteiger partial charge >= 0.3 is 6.09 Å². The van der Waals surface area contributed by atoms with Crippen LogP contribution in [0.4, 0.5) is 4.79 Å². The number of rotatable bonds is 7. The van der Waals surface area contributed by atoms with Gasteiger partial charge in [0.05, 0.1) is 12.2 Å². The molecule has 0 aliphatic carbocycles. The lowest BCUT2D eigenvalue weighted by Gasteiger charge is -2.23. The van der Waals surface area contributed by atoms with Crippen LogP contribution in [0.3, 0.4) is 0 Å². The van der Waals surface area contributed by atoms with Gasteiger partial charge in [-0.2, -0.15) is 0 Å². The van der Waals surface area contributed by atoms with Crippen molar-refractivity contribution in [1.29, 1.82) is 0 Å². The van der Waals surface area contributed by atoms with Crippen molar-refractivity contribution < 1.29 is 14.3 Å². The first kappa shape index (κ1) is 23.2. The average molecular weight is 400 g/mol. The second-order valence-electron chi connectivity index (χ2n) is 8.40. The van der Waals surface area contributed by atoms with Crippen LogP contribution >= 0.6 is 21.6 Å². The highest BCUT2D eigenvalue weighted by atomic mass is 33.1. The van der Waals surface area contributed by atoms with Crippen molar-refractivity contribution in [3.63, 3.8) is 0 Å². The molecule has 0 aliphatic heterocycles. The third-order valence-corrected chi connectivity index (χ3v) is 6.95. The van der Waals surface area contributed by atoms with Crippen LogP contribution in [0.1, 0.15) is 54.0 Å². The fourth-order valence-electron chi connectivity index (χ4n) is 1.85. The highest BCUT2D eigenvalue weighted by Gasteiger charge is 2.18. The molecule has 0 saturated heterocycles. The number of carbonyl (C=O) groups is 1. The molecule has 1 aromatic carbocycles. The average Bonchev–Trinajstić information content (AvgIpc) is 2.51. The summed E-state index contributed by atoms with van der Waals surface area (Å²) < 4.78 is 11.4. The largest absolute Gasteiger partial charge is 0.415 e. The molecule has 0 spiro atoms. The Labute approximate surface area is 166 Å². The van der Waals surface area contributed by atoms with E-state index in [0.29, 0.717) is 24.2 Å². The van der Waals surface area contributed by atoms with Gasteiger partial charge in [0, 0.05) is 23.6 Å². The topological polar surface area (TPSA) is 38.8 Å². The van der Waals surface area contributed by atoms with E-state index in [4.69, 9.17) is 9.47 Å². The lowest BCUT2D eigenvalue weighted by Crippen LogP contribution is -2.34. The third kappa shape index (κ3) is 10.3. The van der Waals surface area contributed by atoms with Gasteiger partial charge in [-0.05, 0) is 38.5 Å². The predicted octanol–water partition coefficient (Wildman–Crippen LogP) is 6.00. The highest BCUT2D eigenvalue weighted by molar-refractivity contribution is 8.77. The van der Waals surface area contributed by atoms with E-state index in [1.165, 1.54) is 0 Å². The van der Waals surface area contributed by atoms with Crippen LogP contribution < -0.4 is 4.74 Å². The molecule has 0 radical (unpaired) electrons. The zero-order valence-corrected chi connectivity index (χ0v) is 18.9. The van der Waals surface area contributed by atoms with Gasteiger partial charge in [-0.3, -0.25) is 0 Å². The molecular formula is C20H33NO3S2. The number of ether oxygens (including phenoxy) is 2. The van der Waals surface area contributed by atoms with Crippen LogP contribution in [0.25, 0.3) is 0 Å². The normalized spacial score (nSPS) is 13.4. The van der Waals surface area contributed by atoms with Crippen molar-refractivity contribution in [3.8, 4) is 5.75 Å². The quantitative estimate of drug-likeness (QED) is 0.526. The molecule has 1 unspecified atom stereocenters. The Morgan fingerprint density at radius 2 is 1.69 bits per heavy atom. The van der Waals surface area contributed by atoms with Gasteiger partial charge in [-0.1, -0.05) is 61.4 Å². The summed E-state index contributed by atoms with van der Waals surface area (Å²) in [7, 11) is 5.40. The summed E-state index contributed by atoms with van der Waals surface area (Å²) >= 11 is 0. The second-order valence-corrected chi connectivity index (χ2v) is 11.9. The monoisotopic (exact) mass is 399 g/mol. The molecule has 0 fully saturated rings. The minimum Gasteiger partial charge on any atom is -0.410 e. The first-order valence-corrected chi connectivity index (χ1v) is 11.1. The van der Waals surface area contributed by atoms with E-state index in [0.717, 1.165) is 5.56 Å². The van der Waals surface area contributed by atoms with Gasteiger partial charge in [0.1, 0.15) is 5.75 Å². The zero-order chi connectivity index (χ0) is 20.0. The zero-order valence-electron chi connectivity index (χ0n) is 17.3. The van der Waals surface area contributed by atoms with E-state index in [1.807, 2.05) is 43.7 Å². The van der Waals surface area contributed by atoms with Crippen molar-refractivity contribution >= 4 is 27.7 Å². The van der Waals surface area contributed by atoms with E-state index >= 15 is 0 Å². The Hall–Kier alpha value is -0.850. The molecule has 0 N–H and O–H groups in total. The second kappa shape index (κ2) is 9.90. The van der Waals surface area contributed by atoms with Crippen molar-refractivity contribution in [1.82, 2.24) is 4.90 Å². The summed E-state index contributed by atoms with van der Waals surface area (Å²) in [6, 6.07) is 7.46. The van der Waals surface area contributed by atoms with E-state index in [2.05, 4.69) is 27.7 Å². The van der Waals surface area contributed by atoms with Gasteiger partial charge in [-0.15, -0.1) is 0 Å². The van der Waals surface area contributed by atoms with Gasteiger partial charge in [0.15, 0.2) is 0 Å². The summed E-state index contributed by atoms with van der Waals surface area (Å²) in [6.45, 7) is 15.9. The van der Waals surface area contributed by atoms with Gasteiger partial charge in [0.25, 0.3) is 0 Å². The summed E-state index contributed by atoms with van der Waals surface area (Å²) in [6.07, 6.45) is -0.336. The molecule has 0 heterocycles. The van der Waals surface area contributed by atoms with Crippen molar-refractivity contribution in [2.45, 2.75) is 70.7 Å². The summed E-state index contributed by atoms with van der Waals surface area (Å²) in [5, 5.41) is 0.327. The Bertz CT molecular complexity index is 562. The lowest BCUT2D eigenvalue weighted by molar-refractivity contribution is -0.0149. The molecule has 4 nitrogen and oxygen atoms in total. The Kier molecular flexibility index (Phi) is 8.83.